The van der Waals surface area contributed by atoms with Crippen molar-refractivity contribution in [3.8, 4) is 0 Å². The fourth-order valence-electron chi connectivity index (χ4n) is 2.61. The number of ether oxygens (including phenoxy) is 2. The first-order valence-electron chi connectivity index (χ1n) is 7.44. The molecular formula is C18H17NO4. The topological polar surface area (TPSA) is 61.6 Å². The Morgan fingerprint density at radius 2 is 1.70 bits per heavy atom. The molecule has 0 atom stereocenters. The molecule has 0 N–H and O–H groups in total. The van der Waals surface area contributed by atoms with Gasteiger partial charge in [-0.25, -0.2) is 0 Å². The van der Waals surface area contributed by atoms with E-state index in [-0.39, 0.29) is 5.69 Å². The average molecular weight is 311 g/mol. The van der Waals surface area contributed by atoms with Crippen LogP contribution in [-0.2, 0) is 15.3 Å². The zero-order chi connectivity index (χ0) is 16.1. The van der Waals surface area contributed by atoms with E-state index in [0.717, 1.165) is 11.1 Å². The van der Waals surface area contributed by atoms with Crippen LogP contribution in [-0.4, -0.2) is 18.1 Å². The van der Waals surface area contributed by atoms with Crippen LogP contribution in [0.5, 0.6) is 0 Å². The van der Waals surface area contributed by atoms with Gasteiger partial charge in [-0.2, -0.15) is 0 Å². The van der Waals surface area contributed by atoms with Gasteiger partial charge < -0.3 is 9.47 Å². The summed E-state index contributed by atoms with van der Waals surface area (Å²) >= 11 is 0. The Hall–Kier alpha value is -2.50. The van der Waals surface area contributed by atoms with Crippen LogP contribution in [0.25, 0.3) is 6.08 Å². The maximum absolute atomic E-state index is 10.7. The number of nitro benzene ring substituents is 1. The monoisotopic (exact) mass is 311 g/mol. The largest absolute Gasteiger partial charge is 0.343 e. The van der Waals surface area contributed by atoms with Crippen LogP contribution in [0.3, 0.4) is 0 Å². The molecule has 2 aromatic carbocycles. The summed E-state index contributed by atoms with van der Waals surface area (Å²) in [5, 5.41) is 10.7. The minimum Gasteiger partial charge on any atom is -0.343 e. The van der Waals surface area contributed by atoms with Crippen molar-refractivity contribution in [2.24, 2.45) is 0 Å². The van der Waals surface area contributed by atoms with Gasteiger partial charge in [0.15, 0.2) is 5.79 Å². The predicted molar refractivity (Wildman–Crippen MR) is 86.8 cm³/mol. The van der Waals surface area contributed by atoms with E-state index in [1.165, 1.54) is 12.1 Å². The Labute approximate surface area is 134 Å². The van der Waals surface area contributed by atoms with Gasteiger partial charge in [-0.1, -0.05) is 42.5 Å². The van der Waals surface area contributed by atoms with Crippen LogP contribution in [0.4, 0.5) is 5.69 Å². The lowest BCUT2D eigenvalue weighted by Crippen LogP contribution is -2.26. The molecule has 0 radical (unpaired) electrons. The van der Waals surface area contributed by atoms with E-state index in [1.807, 2.05) is 42.5 Å². The van der Waals surface area contributed by atoms with Gasteiger partial charge >= 0.3 is 0 Å². The van der Waals surface area contributed by atoms with E-state index in [4.69, 9.17) is 9.47 Å². The number of hydrogen-bond acceptors (Lipinski definition) is 4. The van der Waals surface area contributed by atoms with Crippen LogP contribution in [0.1, 0.15) is 17.5 Å². The van der Waals surface area contributed by atoms with Gasteiger partial charge in [-0.15, -0.1) is 0 Å². The Morgan fingerprint density at radius 1 is 1.04 bits per heavy atom. The minimum absolute atomic E-state index is 0.0883. The zero-order valence-electron chi connectivity index (χ0n) is 12.6. The SMILES string of the molecule is O=[N+]([O-])c1ccc(C=CCC2(c3ccccc3)OCCO2)cc1. The number of rotatable bonds is 5. The fraction of sp³-hybridized carbons (Fsp3) is 0.222. The van der Waals surface area contributed by atoms with Crippen molar-refractivity contribution in [1.82, 2.24) is 0 Å². The lowest BCUT2D eigenvalue weighted by molar-refractivity contribution is -0.384. The lowest BCUT2D eigenvalue weighted by atomic mass is 10.0. The lowest BCUT2D eigenvalue weighted by Gasteiger charge is -2.26. The van der Waals surface area contributed by atoms with Crippen molar-refractivity contribution in [1.29, 1.82) is 0 Å². The molecule has 0 spiro atoms. The van der Waals surface area contributed by atoms with E-state index >= 15 is 0 Å². The van der Waals surface area contributed by atoms with Crippen molar-refractivity contribution >= 4 is 11.8 Å². The Balaban J connectivity index is 1.73. The van der Waals surface area contributed by atoms with Crippen LogP contribution >= 0.6 is 0 Å². The van der Waals surface area contributed by atoms with Gasteiger partial charge in [0.25, 0.3) is 5.69 Å². The number of nitrogens with zero attached hydrogens (tertiary/aromatic N) is 1. The Bertz CT molecular complexity index is 689. The zero-order valence-corrected chi connectivity index (χ0v) is 12.6. The number of nitro groups is 1. The summed E-state index contributed by atoms with van der Waals surface area (Å²) in [5.74, 6) is -0.738. The molecule has 5 nitrogen and oxygen atoms in total. The molecule has 1 aliphatic rings. The second kappa shape index (κ2) is 6.73. The Morgan fingerprint density at radius 3 is 2.30 bits per heavy atom. The Kier molecular flexibility index (Phi) is 4.50. The van der Waals surface area contributed by atoms with Crippen molar-refractivity contribution < 1.29 is 14.4 Å². The molecule has 2 aromatic rings. The molecule has 0 bridgehead atoms. The first-order valence-corrected chi connectivity index (χ1v) is 7.44. The van der Waals surface area contributed by atoms with Crippen LogP contribution in [0, 0.1) is 10.1 Å². The van der Waals surface area contributed by atoms with E-state index in [9.17, 15) is 10.1 Å². The summed E-state index contributed by atoms with van der Waals surface area (Å²) in [6, 6.07) is 16.3. The molecule has 3 rings (SSSR count). The summed E-state index contributed by atoms with van der Waals surface area (Å²) in [7, 11) is 0. The summed E-state index contributed by atoms with van der Waals surface area (Å²) in [4.78, 5) is 10.2. The molecule has 1 heterocycles. The molecule has 0 aromatic heterocycles. The third kappa shape index (κ3) is 3.47. The van der Waals surface area contributed by atoms with E-state index < -0.39 is 10.7 Å². The predicted octanol–water partition coefficient (Wildman–Crippen LogP) is 3.90. The van der Waals surface area contributed by atoms with Gasteiger partial charge in [0.2, 0.25) is 0 Å². The summed E-state index contributed by atoms with van der Waals surface area (Å²) in [6.07, 6.45) is 4.47. The molecule has 1 fully saturated rings. The maximum atomic E-state index is 10.7. The third-order valence-corrected chi connectivity index (χ3v) is 3.77. The fourth-order valence-corrected chi connectivity index (χ4v) is 2.61. The van der Waals surface area contributed by atoms with Gasteiger partial charge in [-0.3, -0.25) is 10.1 Å². The smallest absolute Gasteiger partial charge is 0.269 e. The summed E-state index contributed by atoms with van der Waals surface area (Å²) in [6.45, 7) is 1.14. The average Bonchev–Trinajstić information content (AvgIpc) is 3.06. The van der Waals surface area contributed by atoms with Gasteiger partial charge in [0.1, 0.15) is 0 Å². The minimum atomic E-state index is -0.738. The highest BCUT2D eigenvalue weighted by molar-refractivity contribution is 5.51. The molecular weight excluding hydrogens is 294 g/mol. The van der Waals surface area contributed by atoms with Gasteiger partial charge in [0.05, 0.1) is 18.1 Å². The van der Waals surface area contributed by atoms with Crippen molar-refractivity contribution in [3.63, 3.8) is 0 Å². The molecule has 23 heavy (non-hydrogen) atoms. The van der Waals surface area contributed by atoms with Crippen molar-refractivity contribution in [2.75, 3.05) is 13.2 Å². The van der Waals surface area contributed by atoms with Gasteiger partial charge in [-0.05, 0) is 17.7 Å². The third-order valence-electron chi connectivity index (χ3n) is 3.77. The second-order valence-electron chi connectivity index (χ2n) is 5.27. The molecule has 0 unspecified atom stereocenters. The molecule has 0 saturated carbocycles. The highest BCUT2D eigenvalue weighted by Gasteiger charge is 2.37. The molecule has 1 aliphatic heterocycles. The van der Waals surface area contributed by atoms with Gasteiger partial charge in [0, 0.05) is 24.1 Å². The van der Waals surface area contributed by atoms with E-state index in [2.05, 4.69) is 0 Å². The highest BCUT2D eigenvalue weighted by atomic mass is 16.7. The first kappa shape index (κ1) is 15.4. The van der Waals surface area contributed by atoms with Crippen molar-refractivity contribution in [3.05, 3.63) is 81.9 Å². The van der Waals surface area contributed by atoms with E-state index in [1.54, 1.807) is 12.1 Å². The summed E-state index contributed by atoms with van der Waals surface area (Å²) in [5.41, 5.74) is 1.98. The number of non-ortho nitro benzene ring substituents is 1. The molecule has 5 heteroatoms. The van der Waals surface area contributed by atoms with Crippen LogP contribution in [0.2, 0.25) is 0 Å². The molecule has 118 valence electrons. The van der Waals surface area contributed by atoms with Crippen LogP contribution in [0.15, 0.2) is 60.7 Å². The second-order valence-corrected chi connectivity index (χ2v) is 5.27. The van der Waals surface area contributed by atoms with E-state index in [0.29, 0.717) is 19.6 Å². The summed E-state index contributed by atoms with van der Waals surface area (Å²) < 4.78 is 11.7. The molecule has 0 amide bonds. The first-order chi connectivity index (χ1) is 11.2. The normalized spacial score (nSPS) is 16.7. The maximum Gasteiger partial charge on any atom is 0.269 e. The number of hydrogen-bond donors (Lipinski definition) is 0. The quantitative estimate of drug-likeness (QED) is 0.620. The molecule has 0 aliphatic carbocycles. The standard InChI is InChI=1S/C18H17NO4/c20-19(21)17-10-8-15(9-11-17)5-4-12-18(22-13-14-23-18)16-6-2-1-3-7-16/h1-11H,12-14H2. The van der Waals surface area contributed by atoms with Crippen molar-refractivity contribution in [2.45, 2.75) is 12.2 Å². The number of benzene rings is 2. The van der Waals surface area contributed by atoms with Crippen LogP contribution < -0.4 is 0 Å². The molecule has 1 saturated heterocycles. The highest BCUT2D eigenvalue weighted by Crippen LogP contribution is 2.35.